The summed E-state index contributed by atoms with van der Waals surface area (Å²) in [5.74, 6) is 0. The summed E-state index contributed by atoms with van der Waals surface area (Å²) in [7, 11) is 0. The van der Waals surface area contributed by atoms with Crippen molar-refractivity contribution in [1.29, 1.82) is 0 Å². The Labute approximate surface area is 132 Å². The third-order valence-electron chi connectivity index (χ3n) is 3.82. The number of fused-ring (bicyclic) bond motifs is 1. The van der Waals surface area contributed by atoms with E-state index in [1.165, 1.54) is 0 Å². The summed E-state index contributed by atoms with van der Waals surface area (Å²) in [6, 6.07) is 17.4. The third kappa shape index (κ3) is 2.23. The predicted octanol–water partition coefficient (Wildman–Crippen LogP) is 3.06. The Kier molecular flexibility index (Phi) is 3.05. The van der Waals surface area contributed by atoms with Gasteiger partial charge in [0.15, 0.2) is 0 Å². The Hall–Kier alpha value is -3.21. The molecule has 4 rings (SSSR count). The van der Waals surface area contributed by atoms with Crippen LogP contribution in [0, 0.1) is 6.92 Å². The number of hydrogen-bond donors (Lipinski definition) is 1. The highest BCUT2D eigenvalue weighted by Gasteiger charge is 2.19. The Morgan fingerprint density at radius 1 is 1.00 bits per heavy atom. The van der Waals surface area contributed by atoms with Crippen LogP contribution in [0.2, 0.25) is 0 Å². The highest BCUT2D eigenvalue weighted by atomic mass is 16.1. The van der Waals surface area contributed by atoms with Crippen LogP contribution in [-0.4, -0.2) is 19.8 Å². The molecule has 0 atom stereocenters. The second-order valence-electron chi connectivity index (χ2n) is 5.38. The van der Waals surface area contributed by atoms with Crippen LogP contribution < -0.4 is 5.56 Å². The molecule has 5 nitrogen and oxygen atoms in total. The molecule has 0 bridgehead atoms. The Balaban J connectivity index is 2.10. The second-order valence-corrected chi connectivity index (χ2v) is 5.38. The second kappa shape index (κ2) is 5.21. The van der Waals surface area contributed by atoms with E-state index in [1.807, 2.05) is 66.2 Å². The van der Waals surface area contributed by atoms with Crippen LogP contribution in [0.4, 0.5) is 0 Å². The zero-order valence-corrected chi connectivity index (χ0v) is 12.5. The number of benzene rings is 1. The van der Waals surface area contributed by atoms with Crippen LogP contribution in [0.15, 0.2) is 65.6 Å². The lowest BCUT2D eigenvalue weighted by molar-refractivity contribution is 0.966. The van der Waals surface area contributed by atoms with Crippen molar-refractivity contribution >= 4 is 5.52 Å². The van der Waals surface area contributed by atoms with Gasteiger partial charge in [-0.3, -0.25) is 4.79 Å². The molecule has 3 heterocycles. The number of H-pyrrole nitrogens is 1. The zero-order valence-electron chi connectivity index (χ0n) is 12.5. The summed E-state index contributed by atoms with van der Waals surface area (Å²) < 4.78 is 1.84. The first kappa shape index (κ1) is 13.5. The van der Waals surface area contributed by atoms with Gasteiger partial charge in [-0.25, -0.2) is 9.61 Å². The molecule has 0 aliphatic rings. The maximum Gasteiger partial charge on any atom is 0.264 e. The van der Waals surface area contributed by atoms with Gasteiger partial charge in [0.1, 0.15) is 5.69 Å². The molecule has 0 fully saturated rings. The lowest BCUT2D eigenvalue weighted by atomic mass is 10.0. The molecule has 23 heavy (non-hydrogen) atoms. The molecule has 1 aromatic carbocycles. The van der Waals surface area contributed by atoms with E-state index >= 15 is 0 Å². The quantitative estimate of drug-likeness (QED) is 0.619. The van der Waals surface area contributed by atoms with Crippen LogP contribution in [0.25, 0.3) is 28.0 Å². The van der Waals surface area contributed by atoms with E-state index in [2.05, 4.69) is 10.2 Å². The van der Waals surface area contributed by atoms with Gasteiger partial charge in [0.25, 0.3) is 5.56 Å². The van der Waals surface area contributed by atoms with Crippen molar-refractivity contribution < 1.29 is 0 Å². The molecule has 0 aliphatic carbocycles. The fraction of sp³-hybridized carbons (Fsp3) is 0.0556. The Morgan fingerprint density at radius 2 is 1.78 bits per heavy atom. The van der Waals surface area contributed by atoms with E-state index in [-0.39, 0.29) is 5.56 Å². The standard InChI is InChI=1S/C18H14N4O/c1-12-11-15(23)19-20-17(12)16-14-9-5-6-10-22(14)21-18(16)13-7-3-2-4-8-13/h2-11H,1H3,(H,19,23). The van der Waals surface area contributed by atoms with Crippen molar-refractivity contribution in [2.75, 3.05) is 0 Å². The van der Waals surface area contributed by atoms with Crippen LogP contribution in [0.1, 0.15) is 5.56 Å². The van der Waals surface area contributed by atoms with E-state index in [1.54, 1.807) is 6.07 Å². The van der Waals surface area contributed by atoms with Crippen molar-refractivity contribution in [3.8, 4) is 22.5 Å². The van der Waals surface area contributed by atoms with Gasteiger partial charge in [0.2, 0.25) is 0 Å². The predicted molar refractivity (Wildman–Crippen MR) is 89.2 cm³/mol. The number of nitrogens with one attached hydrogen (secondary N) is 1. The van der Waals surface area contributed by atoms with Crippen molar-refractivity contribution in [1.82, 2.24) is 19.8 Å². The number of aryl methyl sites for hydroxylation is 1. The molecule has 4 aromatic rings. The third-order valence-corrected chi connectivity index (χ3v) is 3.82. The number of hydrogen-bond acceptors (Lipinski definition) is 3. The molecule has 0 unspecified atom stereocenters. The molecule has 1 N–H and O–H groups in total. The zero-order chi connectivity index (χ0) is 15.8. The van der Waals surface area contributed by atoms with Crippen molar-refractivity contribution in [3.63, 3.8) is 0 Å². The van der Waals surface area contributed by atoms with Crippen LogP contribution in [0.5, 0.6) is 0 Å². The van der Waals surface area contributed by atoms with Crippen molar-refractivity contribution in [2.45, 2.75) is 6.92 Å². The summed E-state index contributed by atoms with van der Waals surface area (Å²) >= 11 is 0. The summed E-state index contributed by atoms with van der Waals surface area (Å²) in [5.41, 5.74) is 5.09. The van der Waals surface area contributed by atoms with E-state index in [0.717, 1.165) is 33.6 Å². The average molecular weight is 302 g/mol. The van der Waals surface area contributed by atoms with Crippen molar-refractivity contribution in [3.05, 3.63) is 76.7 Å². The minimum Gasteiger partial charge on any atom is -0.268 e. The van der Waals surface area contributed by atoms with Gasteiger partial charge in [-0.15, -0.1) is 0 Å². The number of nitrogens with zero attached hydrogens (tertiary/aromatic N) is 3. The summed E-state index contributed by atoms with van der Waals surface area (Å²) in [6.07, 6.45) is 1.91. The number of aromatic amines is 1. The SMILES string of the molecule is Cc1cc(=O)[nH]nc1-c1c(-c2ccccc2)nn2ccccc12. The molecule has 5 heteroatoms. The normalized spacial score (nSPS) is 11.0. The first-order valence-corrected chi connectivity index (χ1v) is 7.33. The molecule has 0 spiro atoms. The van der Waals surface area contributed by atoms with Gasteiger partial charge in [0.05, 0.1) is 16.8 Å². The lowest BCUT2D eigenvalue weighted by Crippen LogP contribution is -2.08. The summed E-state index contributed by atoms with van der Waals surface area (Å²) in [4.78, 5) is 11.5. The molecule has 3 aromatic heterocycles. The van der Waals surface area contributed by atoms with Gasteiger partial charge >= 0.3 is 0 Å². The van der Waals surface area contributed by atoms with Gasteiger partial charge in [-0.05, 0) is 24.6 Å². The first-order chi connectivity index (χ1) is 11.2. The molecular weight excluding hydrogens is 288 g/mol. The molecule has 0 saturated carbocycles. The van der Waals surface area contributed by atoms with E-state index in [4.69, 9.17) is 5.10 Å². The average Bonchev–Trinajstić information content (AvgIpc) is 2.95. The van der Waals surface area contributed by atoms with Crippen LogP contribution in [0.3, 0.4) is 0 Å². The molecule has 0 radical (unpaired) electrons. The van der Waals surface area contributed by atoms with Crippen molar-refractivity contribution in [2.24, 2.45) is 0 Å². The highest BCUT2D eigenvalue weighted by molar-refractivity contribution is 5.91. The monoisotopic (exact) mass is 302 g/mol. The molecule has 0 amide bonds. The topological polar surface area (TPSA) is 63.0 Å². The van der Waals surface area contributed by atoms with Gasteiger partial charge in [-0.2, -0.15) is 10.2 Å². The lowest BCUT2D eigenvalue weighted by Gasteiger charge is -2.05. The summed E-state index contributed by atoms with van der Waals surface area (Å²) in [6.45, 7) is 1.89. The highest BCUT2D eigenvalue weighted by Crippen LogP contribution is 2.34. The van der Waals surface area contributed by atoms with Gasteiger partial charge in [-0.1, -0.05) is 36.4 Å². The number of aromatic nitrogens is 4. The molecule has 0 saturated heterocycles. The molecular formula is C18H14N4O. The van der Waals surface area contributed by atoms with Crippen LogP contribution >= 0.6 is 0 Å². The minimum absolute atomic E-state index is 0.205. The fourth-order valence-electron chi connectivity index (χ4n) is 2.78. The Bertz CT molecular complexity index is 1050. The molecule has 112 valence electrons. The maximum absolute atomic E-state index is 11.5. The number of rotatable bonds is 2. The largest absolute Gasteiger partial charge is 0.268 e. The van der Waals surface area contributed by atoms with Gasteiger partial charge < -0.3 is 0 Å². The first-order valence-electron chi connectivity index (χ1n) is 7.33. The smallest absolute Gasteiger partial charge is 0.264 e. The number of pyridine rings is 1. The van der Waals surface area contributed by atoms with E-state index in [0.29, 0.717) is 0 Å². The summed E-state index contributed by atoms with van der Waals surface area (Å²) in [5, 5.41) is 11.5. The fourth-order valence-corrected chi connectivity index (χ4v) is 2.78. The van der Waals surface area contributed by atoms with E-state index in [9.17, 15) is 4.79 Å². The van der Waals surface area contributed by atoms with Gasteiger partial charge in [0, 0.05) is 17.8 Å². The van der Waals surface area contributed by atoms with Crippen LogP contribution in [-0.2, 0) is 0 Å². The Morgan fingerprint density at radius 3 is 2.57 bits per heavy atom. The minimum atomic E-state index is -0.205. The van der Waals surface area contributed by atoms with E-state index < -0.39 is 0 Å². The maximum atomic E-state index is 11.5. The molecule has 0 aliphatic heterocycles.